The summed E-state index contributed by atoms with van der Waals surface area (Å²) in [6.07, 6.45) is 0. The van der Waals surface area contributed by atoms with E-state index in [0.29, 0.717) is 38.6 Å². The lowest BCUT2D eigenvalue weighted by atomic mass is 10.2. The van der Waals surface area contributed by atoms with E-state index in [2.05, 4.69) is 10.5 Å². The van der Waals surface area contributed by atoms with E-state index in [1.807, 2.05) is 0 Å². The van der Waals surface area contributed by atoms with E-state index in [4.69, 9.17) is 37.2 Å². The highest BCUT2D eigenvalue weighted by atomic mass is 35.5. The molecule has 0 radical (unpaired) electrons. The Hall–Kier alpha value is -2.70. The maximum absolute atomic E-state index is 12.6. The molecule has 0 aliphatic rings. The Bertz CT molecular complexity index is 955. The number of amides is 1. The van der Waals surface area contributed by atoms with Crippen LogP contribution in [0, 0.1) is 6.92 Å². The third-order valence-electron chi connectivity index (χ3n) is 3.81. The van der Waals surface area contributed by atoms with Crippen LogP contribution in [0.4, 0.5) is 5.69 Å². The van der Waals surface area contributed by atoms with Gasteiger partial charge in [0.05, 0.1) is 17.7 Å². The fraction of sp³-hybridized carbons (Fsp3) is 0.158. The number of halogens is 2. The molecule has 0 atom stereocenters. The number of aromatic nitrogens is 1. The third-order valence-corrected chi connectivity index (χ3v) is 4.35. The summed E-state index contributed by atoms with van der Waals surface area (Å²) in [6.45, 7) is 1.84. The molecule has 0 bridgehead atoms. The second kappa shape index (κ2) is 8.33. The molecule has 0 fully saturated rings. The Morgan fingerprint density at radius 2 is 1.93 bits per heavy atom. The van der Waals surface area contributed by atoms with Crippen molar-refractivity contribution < 1.29 is 18.8 Å². The van der Waals surface area contributed by atoms with Gasteiger partial charge in [-0.25, -0.2) is 0 Å². The van der Waals surface area contributed by atoms with Crippen molar-refractivity contribution >= 4 is 34.8 Å². The summed E-state index contributed by atoms with van der Waals surface area (Å²) in [7, 11) is 1.52. The SMILES string of the molecule is COc1ccc(NC(=O)c2noc(C)c2COc2ccc(Cl)cc2)cc1Cl. The van der Waals surface area contributed by atoms with Crippen molar-refractivity contribution in [1.29, 1.82) is 0 Å². The molecule has 140 valence electrons. The van der Waals surface area contributed by atoms with Crippen LogP contribution in [0.25, 0.3) is 0 Å². The Kier molecular flexibility index (Phi) is 5.88. The Morgan fingerprint density at radius 3 is 2.59 bits per heavy atom. The number of nitrogens with one attached hydrogen (secondary N) is 1. The molecule has 27 heavy (non-hydrogen) atoms. The maximum atomic E-state index is 12.6. The normalized spacial score (nSPS) is 10.5. The Balaban J connectivity index is 1.73. The highest BCUT2D eigenvalue weighted by molar-refractivity contribution is 6.32. The average molecular weight is 407 g/mol. The van der Waals surface area contributed by atoms with Crippen LogP contribution in [0.15, 0.2) is 47.0 Å². The van der Waals surface area contributed by atoms with Crippen molar-refractivity contribution in [3.63, 3.8) is 0 Å². The minimum atomic E-state index is -0.428. The molecule has 1 heterocycles. The maximum Gasteiger partial charge on any atom is 0.278 e. The summed E-state index contributed by atoms with van der Waals surface area (Å²) >= 11 is 11.9. The van der Waals surface area contributed by atoms with Crippen molar-refractivity contribution in [2.75, 3.05) is 12.4 Å². The number of anilines is 1. The number of benzene rings is 2. The summed E-state index contributed by atoms with van der Waals surface area (Å²) in [5.74, 6) is 1.21. The topological polar surface area (TPSA) is 73.6 Å². The molecule has 1 N–H and O–H groups in total. The summed E-state index contributed by atoms with van der Waals surface area (Å²) in [4.78, 5) is 12.6. The molecule has 0 aliphatic carbocycles. The van der Waals surface area contributed by atoms with E-state index in [1.165, 1.54) is 7.11 Å². The first-order valence-corrected chi connectivity index (χ1v) is 8.72. The number of carbonyl (C=O) groups is 1. The van der Waals surface area contributed by atoms with Crippen LogP contribution in [0.3, 0.4) is 0 Å². The van der Waals surface area contributed by atoms with Gasteiger partial charge in [0, 0.05) is 10.7 Å². The minimum absolute atomic E-state index is 0.128. The van der Waals surface area contributed by atoms with Gasteiger partial charge in [0.1, 0.15) is 23.9 Å². The van der Waals surface area contributed by atoms with Gasteiger partial charge >= 0.3 is 0 Å². The van der Waals surface area contributed by atoms with Crippen LogP contribution < -0.4 is 14.8 Å². The van der Waals surface area contributed by atoms with Crippen molar-refractivity contribution in [3.05, 3.63) is 69.5 Å². The highest BCUT2D eigenvalue weighted by Gasteiger charge is 2.21. The van der Waals surface area contributed by atoms with E-state index in [0.717, 1.165) is 0 Å². The highest BCUT2D eigenvalue weighted by Crippen LogP contribution is 2.28. The molecule has 0 saturated heterocycles. The summed E-state index contributed by atoms with van der Waals surface area (Å²) in [5, 5.41) is 7.58. The van der Waals surface area contributed by atoms with Crippen molar-refractivity contribution in [2.24, 2.45) is 0 Å². The van der Waals surface area contributed by atoms with E-state index in [-0.39, 0.29) is 12.3 Å². The molecule has 0 spiro atoms. The first-order valence-electron chi connectivity index (χ1n) is 7.96. The van der Waals surface area contributed by atoms with Gasteiger partial charge in [-0.2, -0.15) is 0 Å². The minimum Gasteiger partial charge on any atom is -0.495 e. The van der Waals surface area contributed by atoms with Gasteiger partial charge in [-0.05, 0) is 49.4 Å². The fourth-order valence-corrected chi connectivity index (χ4v) is 2.74. The van der Waals surface area contributed by atoms with Gasteiger partial charge in [0.2, 0.25) is 0 Å². The zero-order chi connectivity index (χ0) is 19.4. The predicted octanol–water partition coefficient (Wildman–Crippen LogP) is 5.13. The number of nitrogens with zero attached hydrogens (tertiary/aromatic N) is 1. The monoisotopic (exact) mass is 406 g/mol. The molecule has 8 heteroatoms. The van der Waals surface area contributed by atoms with Crippen LogP contribution >= 0.6 is 23.2 Å². The van der Waals surface area contributed by atoms with Crippen molar-refractivity contribution in [3.8, 4) is 11.5 Å². The molecular weight excluding hydrogens is 391 g/mol. The summed E-state index contributed by atoms with van der Waals surface area (Å²) in [6, 6.07) is 11.9. The number of carbonyl (C=O) groups excluding carboxylic acids is 1. The van der Waals surface area contributed by atoms with Crippen molar-refractivity contribution in [1.82, 2.24) is 5.16 Å². The predicted molar refractivity (Wildman–Crippen MR) is 103 cm³/mol. The summed E-state index contributed by atoms with van der Waals surface area (Å²) < 4.78 is 16.0. The lowest BCUT2D eigenvalue weighted by molar-refractivity contribution is 0.101. The molecule has 1 aromatic heterocycles. The van der Waals surface area contributed by atoms with E-state index in [1.54, 1.807) is 49.4 Å². The van der Waals surface area contributed by atoms with Crippen molar-refractivity contribution in [2.45, 2.75) is 13.5 Å². The number of rotatable bonds is 6. The molecule has 3 aromatic rings. The molecular formula is C19H16Cl2N2O4. The van der Waals surface area contributed by atoms with Crippen LogP contribution in [0.2, 0.25) is 10.0 Å². The lowest BCUT2D eigenvalue weighted by Crippen LogP contribution is -2.15. The van der Waals surface area contributed by atoms with Gasteiger partial charge in [-0.3, -0.25) is 4.79 Å². The number of ether oxygens (including phenoxy) is 2. The number of methoxy groups -OCH3 is 1. The molecule has 0 saturated carbocycles. The lowest BCUT2D eigenvalue weighted by Gasteiger charge is -2.09. The molecule has 6 nitrogen and oxygen atoms in total. The van der Waals surface area contributed by atoms with Gasteiger partial charge < -0.3 is 19.3 Å². The standard InChI is InChI=1S/C19H16Cl2N2O4/c1-11-15(10-26-14-6-3-12(20)4-7-14)18(23-27-11)19(24)22-13-5-8-17(25-2)16(21)9-13/h3-9H,10H2,1-2H3,(H,22,24). The van der Waals surface area contributed by atoms with Gasteiger partial charge in [0.25, 0.3) is 5.91 Å². The second-order valence-electron chi connectivity index (χ2n) is 5.61. The first-order chi connectivity index (χ1) is 13.0. The average Bonchev–Trinajstić information content (AvgIpc) is 3.02. The van der Waals surface area contributed by atoms with Gasteiger partial charge in [-0.1, -0.05) is 28.4 Å². The molecule has 0 aliphatic heterocycles. The third kappa shape index (κ3) is 4.53. The van der Waals surface area contributed by atoms with Gasteiger partial charge in [-0.15, -0.1) is 0 Å². The summed E-state index contributed by atoms with van der Waals surface area (Å²) in [5.41, 5.74) is 1.21. The Labute approximate surface area is 166 Å². The first kappa shape index (κ1) is 19.1. The van der Waals surface area contributed by atoms with E-state index >= 15 is 0 Å². The molecule has 0 unspecified atom stereocenters. The quantitative estimate of drug-likeness (QED) is 0.613. The second-order valence-corrected chi connectivity index (χ2v) is 6.46. The zero-order valence-corrected chi connectivity index (χ0v) is 16.1. The van der Waals surface area contributed by atoms with Crippen LogP contribution in [0.5, 0.6) is 11.5 Å². The largest absolute Gasteiger partial charge is 0.495 e. The van der Waals surface area contributed by atoms with Crippen LogP contribution in [0.1, 0.15) is 21.8 Å². The van der Waals surface area contributed by atoms with Crippen LogP contribution in [-0.2, 0) is 6.61 Å². The van der Waals surface area contributed by atoms with E-state index in [9.17, 15) is 4.79 Å². The zero-order valence-electron chi connectivity index (χ0n) is 14.6. The molecule has 3 rings (SSSR count). The molecule has 1 amide bonds. The smallest absolute Gasteiger partial charge is 0.278 e. The van der Waals surface area contributed by atoms with E-state index < -0.39 is 5.91 Å². The fourth-order valence-electron chi connectivity index (χ4n) is 2.36. The van der Waals surface area contributed by atoms with Crippen LogP contribution in [-0.4, -0.2) is 18.2 Å². The number of aryl methyl sites for hydroxylation is 1. The number of hydrogen-bond donors (Lipinski definition) is 1. The molecule has 2 aromatic carbocycles. The Morgan fingerprint density at radius 1 is 1.19 bits per heavy atom. The van der Waals surface area contributed by atoms with Gasteiger partial charge in [0.15, 0.2) is 5.69 Å². The number of hydrogen-bond acceptors (Lipinski definition) is 5.